The van der Waals surface area contributed by atoms with Crippen molar-refractivity contribution in [3.05, 3.63) is 21.9 Å². The quantitative estimate of drug-likeness (QED) is 0.894. The summed E-state index contributed by atoms with van der Waals surface area (Å²) < 4.78 is 0. The van der Waals surface area contributed by atoms with Crippen molar-refractivity contribution in [1.82, 2.24) is 5.32 Å². The van der Waals surface area contributed by atoms with Crippen LogP contribution in [-0.2, 0) is 6.54 Å². The van der Waals surface area contributed by atoms with Crippen LogP contribution in [-0.4, -0.2) is 17.0 Å². The fourth-order valence-corrected chi connectivity index (χ4v) is 3.99. The molecular formula is C12H16N2S2. The molecule has 2 aliphatic rings. The van der Waals surface area contributed by atoms with Crippen LogP contribution < -0.4 is 5.32 Å². The van der Waals surface area contributed by atoms with E-state index >= 15 is 0 Å². The zero-order valence-corrected chi connectivity index (χ0v) is 11.0. The van der Waals surface area contributed by atoms with Gasteiger partial charge in [-0.15, -0.1) is 11.3 Å². The van der Waals surface area contributed by atoms with E-state index in [0.717, 1.165) is 29.4 Å². The van der Waals surface area contributed by atoms with Crippen LogP contribution in [0, 0.1) is 12.8 Å². The highest BCUT2D eigenvalue weighted by atomic mass is 32.2. The molecule has 2 nitrogen and oxygen atoms in total. The number of hydrogen-bond acceptors (Lipinski definition) is 4. The fraction of sp³-hybridized carbons (Fsp3) is 0.583. The molecule has 4 heteroatoms. The lowest BCUT2D eigenvalue weighted by atomic mass is 10.3. The zero-order valence-electron chi connectivity index (χ0n) is 9.40. The van der Waals surface area contributed by atoms with Crippen LogP contribution in [0.25, 0.3) is 0 Å². The van der Waals surface area contributed by atoms with E-state index in [4.69, 9.17) is 0 Å². The van der Waals surface area contributed by atoms with E-state index in [2.05, 4.69) is 28.7 Å². The first-order valence-corrected chi connectivity index (χ1v) is 7.57. The van der Waals surface area contributed by atoms with Crippen LogP contribution in [0.3, 0.4) is 0 Å². The van der Waals surface area contributed by atoms with Gasteiger partial charge in [0.2, 0.25) is 0 Å². The average molecular weight is 252 g/mol. The van der Waals surface area contributed by atoms with Gasteiger partial charge in [-0.05, 0) is 42.7 Å². The third kappa shape index (κ3) is 2.28. The second-order valence-corrected chi connectivity index (χ2v) is 6.75. The molecule has 2 heterocycles. The van der Waals surface area contributed by atoms with Crippen molar-refractivity contribution in [2.75, 3.05) is 6.54 Å². The largest absolute Gasteiger partial charge is 0.360 e. The van der Waals surface area contributed by atoms with Crippen molar-refractivity contribution >= 4 is 28.3 Å². The molecule has 0 radical (unpaired) electrons. The minimum atomic E-state index is 0.770. The monoisotopic (exact) mass is 252 g/mol. The van der Waals surface area contributed by atoms with Gasteiger partial charge in [0.1, 0.15) is 0 Å². The number of nitrogens with zero attached hydrogens (tertiary/aromatic N) is 1. The standard InChI is InChI=1S/C12H16N2S2/c1-8-4-5-15-10(8)6-13-12-14-7-11(16-12)9-2-3-9/h4-5,9,11H,2-3,6-7H2,1H3,(H,13,14). The molecule has 1 aromatic rings. The summed E-state index contributed by atoms with van der Waals surface area (Å²) >= 11 is 3.78. The topological polar surface area (TPSA) is 24.4 Å². The van der Waals surface area contributed by atoms with Gasteiger partial charge >= 0.3 is 0 Å². The maximum Gasteiger partial charge on any atom is 0.157 e. The molecule has 0 bridgehead atoms. The number of aliphatic imine (C=N–C) groups is 1. The molecule has 1 aliphatic heterocycles. The Bertz CT molecular complexity index is 407. The molecule has 1 aromatic heterocycles. The summed E-state index contributed by atoms with van der Waals surface area (Å²) in [5.74, 6) is 0.955. The van der Waals surface area contributed by atoms with Crippen LogP contribution in [0.2, 0.25) is 0 Å². The predicted octanol–water partition coefficient (Wildman–Crippen LogP) is 3.03. The third-order valence-corrected chi connectivity index (χ3v) is 5.55. The Morgan fingerprint density at radius 1 is 1.50 bits per heavy atom. The molecule has 0 saturated heterocycles. The van der Waals surface area contributed by atoms with Gasteiger partial charge in [-0.3, -0.25) is 4.99 Å². The van der Waals surface area contributed by atoms with Gasteiger partial charge in [0.25, 0.3) is 0 Å². The van der Waals surface area contributed by atoms with Crippen molar-refractivity contribution in [2.24, 2.45) is 10.9 Å². The molecule has 1 saturated carbocycles. The van der Waals surface area contributed by atoms with Crippen molar-refractivity contribution in [3.8, 4) is 0 Å². The van der Waals surface area contributed by atoms with E-state index < -0.39 is 0 Å². The Morgan fingerprint density at radius 3 is 3.06 bits per heavy atom. The lowest BCUT2D eigenvalue weighted by molar-refractivity contribution is 0.772. The molecule has 1 fully saturated rings. The van der Waals surface area contributed by atoms with Gasteiger partial charge in [-0.1, -0.05) is 11.8 Å². The third-order valence-electron chi connectivity index (χ3n) is 3.19. The molecule has 0 aromatic carbocycles. The molecule has 1 aliphatic carbocycles. The summed E-state index contributed by atoms with van der Waals surface area (Å²) in [5.41, 5.74) is 1.39. The van der Waals surface area contributed by atoms with Crippen molar-refractivity contribution in [2.45, 2.75) is 31.6 Å². The van der Waals surface area contributed by atoms with Crippen LogP contribution in [0.15, 0.2) is 16.4 Å². The van der Waals surface area contributed by atoms with Crippen LogP contribution >= 0.6 is 23.1 Å². The van der Waals surface area contributed by atoms with Crippen molar-refractivity contribution in [1.29, 1.82) is 0 Å². The van der Waals surface area contributed by atoms with E-state index in [1.54, 1.807) is 0 Å². The molecule has 3 rings (SSSR count). The predicted molar refractivity (Wildman–Crippen MR) is 72.3 cm³/mol. The second kappa shape index (κ2) is 4.41. The first-order chi connectivity index (χ1) is 7.83. The van der Waals surface area contributed by atoms with Gasteiger partial charge in [-0.25, -0.2) is 0 Å². The number of thioether (sulfide) groups is 1. The lowest BCUT2D eigenvalue weighted by Crippen LogP contribution is -2.19. The molecular weight excluding hydrogens is 236 g/mol. The molecule has 0 amide bonds. The second-order valence-electron chi connectivity index (χ2n) is 4.52. The number of amidine groups is 1. The van der Waals surface area contributed by atoms with Gasteiger partial charge in [0, 0.05) is 10.1 Å². The molecule has 1 N–H and O–H groups in total. The fourth-order valence-electron chi connectivity index (χ4n) is 1.94. The molecule has 86 valence electrons. The highest BCUT2D eigenvalue weighted by Crippen LogP contribution is 2.41. The van der Waals surface area contributed by atoms with Gasteiger partial charge in [0.15, 0.2) is 5.17 Å². The summed E-state index contributed by atoms with van der Waals surface area (Å²) in [5, 5.41) is 7.54. The first-order valence-electron chi connectivity index (χ1n) is 5.81. The van der Waals surface area contributed by atoms with E-state index in [9.17, 15) is 0 Å². The van der Waals surface area contributed by atoms with Crippen LogP contribution in [0.1, 0.15) is 23.3 Å². The molecule has 16 heavy (non-hydrogen) atoms. The van der Waals surface area contributed by atoms with E-state index in [0.29, 0.717) is 0 Å². The van der Waals surface area contributed by atoms with Crippen molar-refractivity contribution in [3.63, 3.8) is 0 Å². The maximum absolute atomic E-state index is 4.58. The molecule has 0 spiro atoms. The molecule has 1 unspecified atom stereocenters. The van der Waals surface area contributed by atoms with Gasteiger partial charge in [0.05, 0.1) is 13.1 Å². The van der Waals surface area contributed by atoms with E-state index in [1.807, 2.05) is 23.1 Å². The normalized spacial score (nSPS) is 24.6. The number of aryl methyl sites for hydroxylation is 1. The Kier molecular flexibility index (Phi) is 2.94. The summed E-state index contributed by atoms with van der Waals surface area (Å²) in [6.07, 6.45) is 2.84. The van der Waals surface area contributed by atoms with Gasteiger partial charge in [-0.2, -0.15) is 0 Å². The lowest BCUT2D eigenvalue weighted by Gasteiger charge is -2.07. The minimum Gasteiger partial charge on any atom is -0.360 e. The molecule has 1 atom stereocenters. The summed E-state index contributed by atoms with van der Waals surface area (Å²) in [6.45, 7) is 4.14. The van der Waals surface area contributed by atoms with Crippen LogP contribution in [0.4, 0.5) is 0 Å². The Labute approximate surface area is 105 Å². The zero-order chi connectivity index (χ0) is 11.0. The maximum atomic E-state index is 4.58. The minimum absolute atomic E-state index is 0.770. The SMILES string of the molecule is Cc1ccsc1CNC1=NCC(C2CC2)S1. The Hall–Kier alpha value is -0.480. The number of hydrogen-bond donors (Lipinski definition) is 1. The number of thiophene rings is 1. The first kappa shape index (κ1) is 10.7. The van der Waals surface area contributed by atoms with Gasteiger partial charge < -0.3 is 5.32 Å². The van der Waals surface area contributed by atoms with E-state index in [-0.39, 0.29) is 0 Å². The summed E-state index contributed by atoms with van der Waals surface area (Å²) in [6, 6.07) is 2.18. The summed E-state index contributed by atoms with van der Waals surface area (Å²) in [4.78, 5) is 6.01. The number of nitrogens with one attached hydrogen (secondary N) is 1. The highest BCUT2D eigenvalue weighted by molar-refractivity contribution is 8.14. The smallest absolute Gasteiger partial charge is 0.157 e. The average Bonchev–Trinajstić information content (AvgIpc) is 2.89. The van der Waals surface area contributed by atoms with E-state index in [1.165, 1.54) is 23.3 Å². The van der Waals surface area contributed by atoms with Crippen LogP contribution in [0.5, 0.6) is 0 Å². The van der Waals surface area contributed by atoms with Crippen molar-refractivity contribution < 1.29 is 0 Å². The Morgan fingerprint density at radius 2 is 2.38 bits per heavy atom. The highest BCUT2D eigenvalue weighted by Gasteiger charge is 2.35. The summed E-state index contributed by atoms with van der Waals surface area (Å²) in [7, 11) is 0. The number of rotatable bonds is 3. The Balaban J connectivity index is 1.51.